The highest BCUT2D eigenvalue weighted by Crippen LogP contribution is 2.35. The highest BCUT2D eigenvalue weighted by molar-refractivity contribution is 6.37. The fourth-order valence-corrected chi connectivity index (χ4v) is 3.28. The van der Waals surface area contributed by atoms with Crippen molar-refractivity contribution in [3.8, 4) is 0 Å². The minimum absolute atomic E-state index is 0.232. The van der Waals surface area contributed by atoms with Gasteiger partial charge < -0.3 is 14.7 Å². The average Bonchev–Trinajstić information content (AvgIpc) is 2.70. The largest absolute Gasteiger partial charge is 0.416 e. The molecule has 2 N–H and O–H groups in total. The zero-order chi connectivity index (χ0) is 17.8. The second kappa shape index (κ2) is 5.53. The van der Waals surface area contributed by atoms with Gasteiger partial charge in [-0.3, -0.25) is 4.79 Å². The minimum atomic E-state index is -4.70. The molecule has 3 aromatic rings. The number of alkyl halides is 3. The molecule has 0 spiro atoms. The van der Waals surface area contributed by atoms with Crippen LogP contribution in [0.25, 0.3) is 21.8 Å². The molecule has 0 fully saturated rings. The van der Waals surface area contributed by atoms with Gasteiger partial charge in [0.25, 0.3) is 0 Å². The Labute approximate surface area is 139 Å². The molecule has 0 radical (unpaired) electrons. The van der Waals surface area contributed by atoms with Crippen molar-refractivity contribution in [3.05, 3.63) is 44.8 Å². The molecule has 0 bridgehead atoms. The van der Waals surface area contributed by atoms with Gasteiger partial charge >= 0.3 is 6.18 Å². The molecule has 128 valence electrons. The van der Waals surface area contributed by atoms with Gasteiger partial charge in [0, 0.05) is 28.0 Å². The Hall–Kier alpha value is -1.99. The van der Waals surface area contributed by atoms with Crippen molar-refractivity contribution in [1.82, 2.24) is 9.55 Å². The van der Waals surface area contributed by atoms with Gasteiger partial charge in [0.2, 0.25) is 5.56 Å². The van der Waals surface area contributed by atoms with Gasteiger partial charge in [0.15, 0.2) is 6.10 Å². The lowest BCUT2D eigenvalue weighted by Gasteiger charge is -2.17. The van der Waals surface area contributed by atoms with Crippen LogP contribution in [0.15, 0.2) is 23.0 Å². The zero-order valence-electron chi connectivity index (χ0n) is 12.8. The number of pyridine rings is 1. The molecule has 3 rings (SSSR count). The van der Waals surface area contributed by atoms with Crippen LogP contribution in [-0.4, -0.2) is 26.9 Å². The molecule has 0 aliphatic rings. The molecule has 2 aromatic heterocycles. The molecule has 0 aliphatic carbocycles. The number of benzene rings is 1. The first kappa shape index (κ1) is 16.9. The molecule has 4 nitrogen and oxygen atoms in total. The summed E-state index contributed by atoms with van der Waals surface area (Å²) in [4.78, 5) is 14.2. The van der Waals surface area contributed by atoms with E-state index in [-0.39, 0.29) is 10.6 Å². The molecular formula is C16H14ClF3N2O2. The van der Waals surface area contributed by atoms with E-state index >= 15 is 0 Å². The number of hydrogen-bond donors (Lipinski definition) is 2. The van der Waals surface area contributed by atoms with Gasteiger partial charge in [-0.2, -0.15) is 13.2 Å². The van der Waals surface area contributed by atoms with Crippen LogP contribution in [0.4, 0.5) is 13.2 Å². The lowest BCUT2D eigenvalue weighted by atomic mass is 10.1. The second-order valence-electron chi connectivity index (χ2n) is 5.74. The number of aromatic amines is 1. The molecule has 1 aromatic carbocycles. The van der Waals surface area contributed by atoms with Crippen molar-refractivity contribution in [2.75, 3.05) is 0 Å². The first-order valence-corrected chi connectivity index (χ1v) is 7.54. The van der Waals surface area contributed by atoms with Crippen molar-refractivity contribution in [2.24, 2.45) is 0 Å². The van der Waals surface area contributed by atoms with E-state index < -0.39 is 18.8 Å². The van der Waals surface area contributed by atoms with E-state index in [0.29, 0.717) is 27.5 Å². The lowest BCUT2D eigenvalue weighted by molar-refractivity contribution is -0.207. The summed E-state index contributed by atoms with van der Waals surface area (Å²) in [5.41, 5.74) is 2.03. The number of fused-ring (bicyclic) bond motifs is 3. The summed E-state index contributed by atoms with van der Waals surface area (Å²) in [7, 11) is 0. The number of hydrogen-bond acceptors (Lipinski definition) is 2. The maximum Gasteiger partial charge on any atom is 0.416 e. The third-order valence-corrected chi connectivity index (χ3v) is 4.58. The third-order valence-electron chi connectivity index (χ3n) is 4.28. The summed E-state index contributed by atoms with van der Waals surface area (Å²) in [6.07, 6.45) is -7.16. The standard InChI is InChI=1S/C16H14ClF3N2O2/c1-7-8(2)22(6-12(23)16(18,19)20)11-4-3-10-15(14(7)11)9(17)5-13(24)21-10/h3-5,12,23H,6H2,1-2H3,(H,21,24)/t12-/m1/s1. The van der Waals surface area contributed by atoms with Crippen LogP contribution in [0.5, 0.6) is 0 Å². The maximum atomic E-state index is 12.7. The van der Waals surface area contributed by atoms with E-state index in [1.807, 2.05) is 0 Å². The summed E-state index contributed by atoms with van der Waals surface area (Å²) < 4.78 is 39.6. The Morgan fingerprint density at radius 1 is 1.29 bits per heavy atom. The molecular weight excluding hydrogens is 345 g/mol. The summed E-state index contributed by atoms with van der Waals surface area (Å²) in [5.74, 6) is 0. The van der Waals surface area contributed by atoms with Gasteiger partial charge in [-0.05, 0) is 31.5 Å². The van der Waals surface area contributed by atoms with Crippen molar-refractivity contribution in [1.29, 1.82) is 0 Å². The summed E-state index contributed by atoms with van der Waals surface area (Å²) in [5, 5.41) is 10.9. The first-order valence-electron chi connectivity index (χ1n) is 7.17. The number of rotatable bonds is 2. The molecule has 0 amide bonds. The molecule has 1 atom stereocenters. The molecule has 0 saturated carbocycles. The molecule has 8 heteroatoms. The fraction of sp³-hybridized carbons (Fsp3) is 0.312. The van der Waals surface area contributed by atoms with Crippen molar-refractivity contribution < 1.29 is 18.3 Å². The Morgan fingerprint density at radius 2 is 1.96 bits per heavy atom. The normalized spacial score (nSPS) is 13.8. The Kier molecular flexibility index (Phi) is 3.88. The van der Waals surface area contributed by atoms with E-state index in [1.54, 1.807) is 26.0 Å². The van der Waals surface area contributed by atoms with Crippen LogP contribution in [0.1, 0.15) is 11.3 Å². The predicted molar refractivity (Wildman–Crippen MR) is 86.6 cm³/mol. The maximum absolute atomic E-state index is 12.7. The molecule has 2 heterocycles. The van der Waals surface area contributed by atoms with Crippen LogP contribution in [0, 0.1) is 13.8 Å². The number of aryl methyl sites for hydroxylation is 1. The monoisotopic (exact) mass is 358 g/mol. The van der Waals surface area contributed by atoms with Crippen LogP contribution in [0.3, 0.4) is 0 Å². The Balaban J connectivity index is 2.32. The number of nitrogens with one attached hydrogen (secondary N) is 1. The van der Waals surface area contributed by atoms with E-state index in [1.165, 1.54) is 10.6 Å². The second-order valence-corrected chi connectivity index (χ2v) is 6.15. The summed E-state index contributed by atoms with van der Waals surface area (Å²) >= 11 is 6.19. The molecule has 0 aliphatic heterocycles. The van der Waals surface area contributed by atoms with E-state index in [2.05, 4.69) is 4.98 Å². The van der Waals surface area contributed by atoms with Crippen LogP contribution in [-0.2, 0) is 6.54 Å². The number of aliphatic hydroxyl groups excluding tert-OH is 1. The van der Waals surface area contributed by atoms with Crippen molar-refractivity contribution >= 4 is 33.4 Å². The SMILES string of the molecule is Cc1c(C)n(C[C@@H](O)C(F)(F)F)c2ccc3[nH]c(=O)cc(Cl)c3c12. The number of aromatic nitrogens is 2. The van der Waals surface area contributed by atoms with Gasteiger partial charge in [0.05, 0.1) is 17.1 Å². The van der Waals surface area contributed by atoms with Crippen LogP contribution >= 0.6 is 11.6 Å². The molecule has 0 saturated heterocycles. The summed E-state index contributed by atoms with van der Waals surface area (Å²) in [6.45, 7) is 2.85. The zero-order valence-corrected chi connectivity index (χ0v) is 13.6. The van der Waals surface area contributed by atoms with Gasteiger partial charge in [0.1, 0.15) is 0 Å². The summed E-state index contributed by atoms with van der Waals surface area (Å²) in [6, 6.07) is 4.45. The number of nitrogens with zero attached hydrogens (tertiary/aromatic N) is 1. The number of aliphatic hydroxyl groups is 1. The molecule has 0 unspecified atom stereocenters. The van der Waals surface area contributed by atoms with E-state index in [4.69, 9.17) is 11.6 Å². The lowest BCUT2D eigenvalue weighted by Crippen LogP contribution is -2.33. The van der Waals surface area contributed by atoms with E-state index in [9.17, 15) is 23.1 Å². The van der Waals surface area contributed by atoms with E-state index in [0.717, 1.165) is 5.56 Å². The van der Waals surface area contributed by atoms with Gasteiger partial charge in [-0.25, -0.2) is 0 Å². The Morgan fingerprint density at radius 3 is 2.58 bits per heavy atom. The molecule has 24 heavy (non-hydrogen) atoms. The fourth-order valence-electron chi connectivity index (χ4n) is 2.98. The van der Waals surface area contributed by atoms with Crippen molar-refractivity contribution in [2.45, 2.75) is 32.7 Å². The van der Waals surface area contributed by atoms with Crippen LogP contribution < -0.4 is 5.56 Å². The number of H-pyrrole nitrogens is 1. The smallest absolute Gasteiger partial charge is 0.382 e. The first-order chi connectivity index (χ1) is 11.1. The Bertz CT molecular complexity index is 1000. The topological polar surface area (TPSA) is 58.0 Å². The predicted octanol–water partition coefficient (Wildman–Crippen LogP) is 3.68. The number of halogens is 4. The minimum Gasteiger partial charge on any atom is -0.382 e. The highest BCUT2D eigenvalue weighted by atomic mass is 35.5. The van der Waals surface area contributed by atoms with Gasteiger partial charge in [-0.1, -0.05) is 11.6 Å². The average molecular weight is 359 g/mol. The highest BCUT2D eigenvalue weighted by Gasteiger charge is 2.38. The quantitative estimate of drug-likeness (QED) is 0.734. The van der Waals surface area contributed by atoms with Gasteiger partial charge in [-0.15, -0.1) is 0 Å². The van der Waals surface area contributed by atoms with Crippen molar-refractivity contribution in [3.63, 3.8) is 0 Å². The van der Waals surface area contributed by atoms with Crippen LogP contribution in [0.2, 0.25) is 5.02 Å². The third kappa shape index (κ3) is 2.57.